The van der Waals surface area contributed by atoms with Crippen LogP contribution in [0.25, 0.3) is 0 Å². The third-order valence-corrected chi connectivity index (χ3v) is 4.50. The van der Waals surface area contributed by atoms with E-state index in [9.17, 15) is 22.4 Å². The fraction of sp³-hybridized carbons (Fsp3) is 0.381. The van der Waals surface area contributed by atoms with Gasteiger partial charge in [-0.25, -0.2) is 4.39 Å². The van der Waals surface area contributed by atoms with Crippen LogP contribution < -0.4 is 5.32 Å². The van der Waals surface area contributed by atoms with Gasteiger partial charge in [-0.2, -0.15) is 13.2 Å². The predicted molar refractivity (Wildman–Crippen MR) is 102 cm³/mol. The number of anilines is 2. The molecule has 0 aliphatic carbocycles. The molecule has 0 aromatic heterocycles. The first kappa shape index (κ1) is 22.7. The molecular weight excluding hydrogens is 390 g/mol. The highest BCUT2D eigenvalue weighted by molar-refractivity contribution is 5.69. The Balaban J connectivity index is 2.53. The van der Waals surface area contributed by atoms with Crippen LogP contribution in [0.15, 0.2) is 42.5 Å². The standard InChI is InChI=1S/C21H23F4NO3/c1-3-13(12-19(27)28)14-5-10-17(20(29-4-2)21(23,24)25)18(11-14)26-16-8-6-15(22)7-9-16/h5-11,13,20,26H,3-4,12H2,1-2H3,(H,27,28). The Morgan fingerprint density at radius 1 is 1.14 bits per heavy atom. The Morgan fingerprint density at radius 2 is 1.79 bits per heavy atom. The van der Waals surface area contributed by atoms with Crippen molar-refractivity contribution in [1.29, 1.82) is 0 Å². The minimum atomic E-state index is -4.64. The van der Waals surface area contributed by atoms with Crippen LogP contribution in [0.3, 0.4) is 0 Å². The van der Waals surface area contributed by atoms with E-state index in [0.717, 1.165) is 0 Å². The number of benzene rings is 2. The highest BCUT2D eigenvalue weighted by atomic mass is 19.4. The number of ether oxygens (including phenoxy) is 1. The summed E-state index contributed by atoms with van der Waals surface area (Å²) in [6.45, 7) is 3.14. The summed E-state index contributed by atoms with van der Waals surface area (Å²) in [7, 11) is 0. The first-order chi connectivity index (χ1) is 13.7. The highest BCUT2D eigenvalue weighted by Crippen LogP contribution is 2.41. The smallest absolute Gasteiger partial charge is 0.418 e. The van der Waals surface area contributed by atoms with Crippen molar-refractivity contribution >= 4 is 17.3 Å². The van der Waals surface area contributed by atoms with E-state index in [1.807, 2.05) is 6.92 Å². The van der Waals surface area contributed by atoms with Crippen LogP contribution in [0.4, 0.5) is 28.9 Å². The molecule has 158 valence electrons. The monoisotopic (exact) mass is 413 g/mol. The van der Waals surface area contributed by atoms with Gasteiger partial charge in [0, 0.05) is 23.5 Å². The van der Waals surface area contributed by atoms with E-state index >= 15 is 0 Å². The number of aliphatic carboxylic acids is 1. The molecule has 2 unspecified atom stereocenters. The number of hydrogen-bond acceptors (Lipinski definition) is 3. The lowest BCUT2D eigenvalue weighted by Gasteiger charge is -2.25. The van der Waals surface area contributed by atoms with Gasteiger partial charge in [-0.15, -0.1) is 0 Å². The quantitative estimate of drug-likeness (QED) is 0.482. The van der Waals surface area contributed by atoms with Crippen LogP contribution in [0.2, 0.25) is 0 Å². The maximum absolute atomic E-state index is 13.6. The van der Waals surface area contributed by atoms with Crippen LogP contribution in [-0.4, -0.2) is 23.9 Å². The van der Waals surface area contributed by atoms with Gasteiger partial charge in [-0.05, 0) is 55.2 Å². The van der Waals surface area contributed by atoms with Gasteiger partial charge >= 0.3 is 12.1 Å². The van der Waals surface area contributed by atoms with Crippen LogP contribution in [-0.2, 0) is 9.53 Å². The van der Waals surface area contributed by atoms with Crippen LogP contribution in [0.1, 0.15) is 49.8 Å². The van der Waals surface area contributed by atoms with Crippen LogP contribution >= 0.6 is 0 Å². The summed E-state index contributed by atoms with van der Waals surface area (Å²) in [6.07, 6.45) is -6.42. The molecule has 0 amide bonds. The Labute approximate surface area is 166 Å². The van der Waals surface area contributed by atoms with Gasteiger partial charge < -0.3 is 15.2 Å². The zero-order valence-electron chi connectivity index (χ0n) is 16.1. The average molecular weight is 413 g/mol. The molecule has 2 atom stereocenters. The summed E-state index contributed by atoms with van der Waals surface area (Å²) in [5.41, 5.74) is 1.00. The number of carboxylic acid groups (broad SMARTS) is 1. The maximum Gasteiger partial charge on any atom is 0.418 e. The first-order valence-electron chi connectivity index (χ1n) is 9.22. The molecule has 2 rings (SSSR count). The number of hydrogen-bond donors (Lipinski definition) is 2. The van der Waals surface area contributed by atoms with Crippen molar-refractivity contribution in [2.24, 2.45) is 0 Å². The van der Waals surface area contributed by atoms with Gasteiger partial charge in [-0.1, -0.05) is 19.1 Å². The van der Waals surface area contributed by atoms with E-state index < -0.39 is 24.1 Å². The van der Waals surface area contributed by atoms with Gasteiger partial charge in [0.25, 0.3) is 0 Å². The lowest BCUT2D eigenvalue weighted by atomic mass is 9.91. The van der Waals surface area contributed by atoms with Crippen molar-refractivity contribution in [2.75, 3.05) is 11.9 Å². The fourth-order valence-electron chi connectivity index (χ4n) is 3.09. The van der Waals surface area contributed by atoms with Gasteiger partial charge in [0.15, 0.2) is 6.10 Å². The number of rotatable bonds is 9. The predicted octanol–water partition coefficient (Wildman–Crippen LogP) is 6.18. The summed E-state index contributed by atoms with van der Waals surface area (Å²) in [5, 5.41) is 12.0. The second-order valence-corrected chi connectivity index (χ2v) is 6.56. The number of halogens is 4. The van der Waals surface area contributed by atoms with Crippen molar-refractivity contribution in [1.82, 2.24) is 0 Å². The minimum Gasteiger partial charge on any atom is -0.481 e. The van der Waals surface area contributed by atoms with Crippen molar-refractivity contribution < 1.29 is 32.2 Å². The van der Waals surface area contributed by atoms with Crippen LogP contribution in [0.5, 0.6) is 0 Å². The highest BCUT2D eigenvalue weighted by Gasteiger charge is 2.43. The molecule has 0 heterocycles. The molecule has 0 spiro atoms. The molecule has 0 aliphatic heterocycles. The molecule has 0 radical (unpaired) electrons. The fourth-order valence-corrected chi connectivity index (χ4v) is 3.09. The minimum absolute atomic E-state index is 0.127. The van der Waals surface area contributed by atoms with Gasteiger partial charge in [-0.3, -0.25) is 4.79 Å². The van der Waals surface area contributed by atoms with Crippen molar-refractivity contribution in [3.05, 3.63) is 59.4 Å². The summed E-state index contributed by atoms with van der Waals surface area (Å²) in [5.74, 6) is -1.82. The molecule has 2 aromatic carbocycles. The van der Waals surface area contributed by atoms with E-state index in [4.69, 9.17) is 9.84 Å². The zero-order chi connectivity index (χ0) is 21.6. The molecular formula is C21H23F4NO3. The van der Waals surface area contributed by atoms with Gasteiger partial charge in [0.05, 0.1) is 6.42 Å². The van der Waals surface area contributed by atoms with Crippen molar-refractivity contribution in [3.63, 3.8) is 0 Å². The molecule has 0 fully saturated rings. The molecule has 0 bridgehead atoms. The lowest BCUT2D eigenvalue weighted by molar-refractivity contribution is -0.222. The number of carbonyl (C=O) groups is 1. The second-order valence-electron chi connectivity index (χ2n) is 6.56. The molecule has 0 aliphatic rings. The topological polar surface area (TPSA) is 58.6 Å². The molecule has 0 saturated carbocycles. The SMILES string of the molecule is CCOC(c1ccc(C(CC)CC(=O)O)cc1Nc1ccc(F)cc1)C(F)(F)F. The summed E-state index contributed by atoms with van der Waals surface area (Å²) in [4.78, 5) is 11.1. The van der Waals surface area contributed by atoms with E-state index in [0.29, 0.717) is 17.7 Å². The Kier molecular flexibility index (Phi) is 7.61. The molecule has 8 heteroatoms. The molecule has 29 heavy (non-hydrogen) atoms. The Hall–Kier alpha value is -2.61. The zero-order valence-corrected chi connectivity index (χ0v) is 16.1. The Bertz CT molecular complexity index is 822. The molecule has 0 saturated heterocycles. The normalized spacial score (nSPS) is 13.7. The maximum atomic E-state index is 13.6. The van der Waals surface area contributed by atoms with E-state index in [-0.39, 0.29) is 30.2 Å². The van der Waals surface area contributed by atoms with Crippen molar-refractivity contribution in [3.8, 4) is 0 Å². The van der Waals surface area contributed by atoms with E-state index in [1.165, 1.54) is 49.4 Å². The third-order valence-electron chi connectivity index (χ3n) is 4.50. The number of carboxylic acids is 1. The molecule has 2 aromatic rings. The summed E-state index contributed by atoms with van der Waals surface area (Å²) < 4.78 is 58.9. The summed E-state index contributed by atoms with van der Waals surface area (Å²) >= 11 is 0. The first-order valence-corrected chi connectivity index (χ1v) is 9.22. The Morgan fingerprint density at radius 3 is 2.31 bits per heavy atom. The number of nitrogens with one attached hydrogen (secondary N) is 1. The largest absolute Gasteiger partial charge is 0.481 e. The lowest BCUT2D eigenvalue weighted by Crippen LogP contribution is -2.24. The van der Waals surface area contributed by atoms with Gasteiger partial charge in [0.2, 0.25) is 0 Å². The third kappa shape index (κ3) is 6.19. The van der Waals surface area contributed by atoms with E-state index in [2.05, 4.69) is 5.32 Å². The van der Waals surface area contributed by atoms with Crippen molar-refractivity contribution in [2.45, 2.75) is 44.9 Å². The molecule has 4 nitrogen and oxygen atoms in total. The summed E-state index contributed by atoms with van der Waals surface area (Å²) in [6, 6.07) is 9.50. The average Bonchev–Trinajstić information content (AvgIpc) is 2.65. The van der Waals surface area contributed by atoms with Crippen LogP contribution in [0, 0.1) is 5.82 Å². The number of alkyl halides is 3. The van der Waals surface area contributed by atoms with Gasteiger partial charge in [0.1, 0.15) is 5.82 Å². The van der Waals surface area contributed by atoms with E-state index in [1.54, 1.807) is 0 Å². The molecule has 2 N–H and O–H groups in total. The second kappa shape index (κ2) is 9.73.